The molecule has 0 aromatic carbocycles. The topological polar surface area (TPSA) is 94.3 Å². The number of amides is 1. The van der Waals surface area contributed by atoms with Crippen LogP contribution in [0, 0.1) is 5.92 Å². The van der Waals surface area contributed by atoms with Gasteiger partial charge in [-0.25, -0.2) is 14.8 Å². The van der Waals surface area contributed by atoms with Crippen LogP contribution in [0.3, 0.4) is 0 Å². The first-order chi connectivity index (χ1) is 16.7. The van der Waals surface area contributed by atoms with E-state index >= 15 is 0 Å². The zero-order valence-corrected chi connectivity index (χ0v) is 20.5. The molecule has 186 valence electrons. The predicted octanol–water partition coefficient (Wildman–Crippen LogP) is 5.85. The molecule has 35 heavy (non-hydrogen) atoms. The van der Waals surface area contributed by atoms with Crippen LogP contribution >= 0.6 is 23.1 Å². The van der Waals surface area contributed by atoms with Gasteiger partial charge in [-0.05, 0) is 55.9 Å². The van der Waals surface area contributed by atoms with Crippen molar-refractivity contribution in [3.05, 3.63) is 46.2 Å². The molecule has 0 saturated heterocycles. The summed E-state index contributed by atoms with van der Waals surface area (Å²) in [5.74, 6) is -0.613. The average molecular weight is 526 g/mol. The van der Waals surface area contributed by atoms with Crippen LogP contribution in [0.5, 0.6) is 0 Å². The minimum Gasteiger partial charge on any atom is -0.463 e. The molecule has 0 spiro atoms. The molecule has 0 radical (unpaired) electrons. The molecule has 0 fully saturated rings. The lowest BCUT2D eigenvalue weighted by Gasteiger charge is -2.18. The average Bonchev–Trinajstić information content (AvgIpc) is 3.45. The summed E-state index contributed by atoms with van der Waals surface area (Å²) in [6.45, 7) is 4.04. The highest BCUT2D eigenvalue weighted by Gasteiger charge is 2.34. The van der Waals surface area contributed by atoms with Gasteiger partial charge in [0.05, 0.1) is 24.2 Å². The molecular formula is C23H22F3N3O4S2. The van der Waals surface area contributed by atoms with Crippen LogP contribution < -0.4 is 5.32 Å². The second-order valence-electron chi connectivity index (χ2n) is 8.01. The summed E-state index contributed by atoms with van der Waals surface area (Å²) in [4.78, 5) is 34.0. The third kappa shape index (κ3) is 5.87. The molecule has 1 N–H and O–H groups in total. The number of esters is 1. The van der Waals surface area contributed by atoms with Gasteiger partial charge in [0, 0.05) is 4.88 Å². The fourth-order valence-electron chi connectivity index (χ4n) is 3.74. The second-order valence-corrected chi connectivity index (χ2v) is 10.1. The Kier molecular flexibility index (Phi) is 7.50. The van der Waals surface area contributed by atoms with Gasteiger partial charge in [0.1, 0.15) is 16.4 Å². The molecule has 1 atom stereocenters. The van der Waals surface area contributed by atoms with E-state index in [2.05, 4.69) is 22.2 Å². The minimum absolute atomic E-state index is 0.0371. The predicted molar refractivity (Wildman–Crippen MR) is 126 cm³/mol. The van der Waals surface area contributed by atoms with E-state index in [4.69, 9.17) is 9.15 Å². The Morgan fingerprint density at radius 1 is 1.34 bits per heavy atom. The maximum Gasteiger partial charge on any atom is 0.433 e. The number of nitrogens with one attached hydrogen (secondary N) is 1. The molecule has 7 nitrogen and oxygen atoms in total. The molecule has 0 bridgehead atoms. The standard InChI is InChI=1S/C23H22F3N3O4S2/c1-3-32-21(31)19-13-7-6-12(2)9-16(13)35-20(19)29-18(30)11-34-22-27-14(15-5-4-8-33-15)10-17(28-22)23(24,25)26/h4-5,8,10,12H,3,6-7,9,11H2,1-2H3,(H,29,30)/t12-/m1/s1. The largest absolute Gasteiger partial charge is 0.463 e. The van der Waals surface area contributed by atoms with E-state index in [1.807, 2.05) is 0 Å². The van der Waals surface area contributed by atoms with Gasteiger partial charge < -0.3 is 14.5 Å². The Morgan fingerprint density at radius 3 is 2.83 bits per heavy atom. The summed E-state index contributed by atoms with van der Waals surface area (Å²) >= 11 is 2.10. The van der Waals surface area contributed by atoms with Gasteiger partial charge in [-0.1, -0.05) is 18.7 Å². The molecule has 12 heteroatoms. The van der Waals surface area contributed by atoms with Crippen LogP contribution in [0.1, 0.15) is 46.8 Å². The Bertz CT molecular complexity index is 1230. The number of carbonyl (C=O) groups excluding carboxylic acids is 2. The van der Waals surface area contributed by atoms with E-state index in [0.29, 0.717) is 16.5 Å². The van der Waals surface area contributed by atoms with Crippen LogP contribution in [0.2, 0.25) is 0 Å². The summed E-state index contributed by atoms with van der Waals surface area (Å²) in [5, 5.41) is 2.92. The number of anilines is 1. The molecule has 3 aromatic rings. The van der Waals surface area contributed by atoms with Crippen LogP contribution in [-0.2, 0) is 28.5 Å². The molecular weight excluding hydrogens is 503 g/mol. The van der Waals surface area contributed by atoms with Crippen LogP contribution in [-0.4, -0.2) is 34.2 Å². The SMILES string of the molecule is CCOC(=O)c1c(NC(=O)CSc2nc(-c3ccco3)cc(C(F)(F)F)n2)sc2c1CC[C@@H](C)C2. The molecule has 3 heterocycles. The van der Waals surface area contributed by atoms with Crippen molar-refractivity contribution in [1.29, 1.82) is 0 Å². The van der Waals surface area contributed by atoms with Gasteiger partial charge in [0.2, 0.25) is 5.91 Å². The fraction of sp³-hybridized carbons (Fsp3) is 0.391. The van der Waals surface area contributed by atoms with Gasteiger partial charge in [-0.2, -0.15) is 13.2 Å². The first kappa shape index (κ1) is 25.2. The lowest BCUT2D eigenvalue weighted by atomic mass is 9.88. The molecule has 1 amide bonds. The van der Waals surface area contributed by atoms with E-state index in [-0.39, 0.29) is 29.0 Å². The molecule has 1 aliphatic carbocycles. The van der Waals surface area contributed by atoms with Gasteiger partial charge in [0.25, 0.3) is 0 Å². The number of thioether (sulfide) groups is 1. The Balaban J connectivity index is 1.53. The number of thiophene rings is 1. The zero-order valence-electron chi connectivity index (χ0n) is 18.9. The zero-order chi connectivity index (χ0) is 25.2. The number of rotatable bonds is 7. The van der Waals surface area contributed by atoms with E-state index < -0.39 is 23.7 Å². The maximum atomic E-state index is 13.3. The molecule has 1 aliphatic rings. The molecule has 0 saturated carbocycles. The summed E-state index contributed by atoms with van der Waals surface area (Å²) in [6.07, 6.45) is -0.897. The fourth-order valence-corrected chi connectivity index (χ4v) is 5.81. The molecule has 0 unspecified atom stereocenters. The van der Waals surface area contributed by atoms with Crippen molar-refractivity contribution in [2.75, 3.05) is 17.7 Å². The van der Waals surface area contributed by atoms with E-state index in [1.54, 1.807) is 6.92 Å². The van der Waals surface area contributed by atoms with Gasteiger partial charge >= 0.3 is 12.1 Å². The number of hydrogen-bond acceptors (Lipinski definition) is 8. The number of alkyl halides is 3. The van der Waals surface area contributed by atoms with Crippen LogP contribution in [0.15, 0.2) is 34.0 Å². The van der Waals surface area contributed by atoms with Crippen molar-refractivity contribution < 1.29 is 31.9 Å². The number of ether oxygens (including phenoxy) is 1. The van der Waals surface area contributed by atoms with Crippen molar-refractivity contribution in [3.8, 4) is 11.5 Å². The number of hydrogen-bond donors (Lipinski definition) is 1. The summed E-state index contributed by atoms with van der Waals surface area (Å²) in [5.41, 5.74) is 0.0997. The van der Waals surface area contributed by atoms with E-state index in [9.17, 15) is 22.8 Å². The van der Waals surface area contributed by atoms with Crippen LogP contribution in [0.4, 0.5) is 18.2 Å². The van der Waals surface area contributed by atoms with Crippen molar-refractivity contribution >= 4 is 40.0 Å². The maximum absolute atomic E-state index is 13.3. The highest BCUT2D eigenvalue weighted by Crippen LogP contribution is 2.40. The van der Waals surface area contributed by atoms with Gasteiger partial charge in [0.15, 0.2) is 10.9 Å². The summed E-state index contributed by atoms with van der Waals surface area (Å²) < 4.78 is 50.4. The van der Waals surface area contributed by atoms with Gasteiger partial charge in [-0.3, -0.25) is 4.79 Å². The van der Waals surface area contributed by atoms with Crippen LogP contribution in [0.25, 0.3) is 11.5 Å². The number of fused-ring (bicyclic) bond motifs is 1. The number of furan rings is 1. The van der Waals surface area contributed by atoms with Crippen molar-refractivity contribution in [3.63, 3.8) is 0 Å². The number of aromatic nitrogens is 2. The smallest absolute Gasteiger partial charge is 0.433 e. The third-order valence-corrected chi connectivity index (χ3v) is 7.36. The monoisotopic (exact) mass is 525 g/mol. The van der Waals surface area contributed by atoms with E-state index in [0.717, 1.165) is 47.5 Å². The first-order valence-electron chi connectivity index (χ1n) is 10.9. The van der Waals surface area contributed by atoms with Crippen molar-refractivity contribution in [2.24, 2.45) is 5.92 Å². The number of carbonyl (C=O) groups is 2. The second kappa shape index (κ2) is 10.4. The lowest BCUT2D eigenvalue weighted by molar-refractivity contribution is -0.141. The highest BCUT2D eigenvalue weighted by molar-refractivity contribution is 7.99. The normalized spacial score (nSPS) is 15.5. The minimum atomic E-state index is -4.69. The third-order valence-electron chi connectivity index (χ3n) is 5.35. The van der Waals surface area contributed by atoms with Crippen molar-refractivity contribution in [1.82, 2.24) is 9.97 Å². The Morgan fingerprint density at radius 2 is 2.14 bits per heavy atom. The molecule has 4 rings (SSSR count). The Labute approximate surface area is 207 Å². The number of halogens is 3. The Hall–Kier alpha value is -2.86. The quantitative estimate of drug-likeness (QED) is 0.235. The lowest BCUT2D eigenvalue weighted by Crippen LogP contribution is -2.18. The molecule has 0 aliphatic heterocycles. The van der Waals surface area contributed by atoms with E-state index in [1.165, 1.54) is 29.7 Å². The van der Waals surface area contributed by atoms with Gasteiger partial charge in [-0.15, -0.1) is 11.3 Å². The van der Waals surface area contributed by atoms with Crippen molar-refractivity contribution in [2.45, 2.75) is 44.4 Å². The first-order valence-corrected chi connectivity index (χ1v) is 12.7. The summed E-state index contributed by atoms with van der Waals surface area (Å²) in [6, 6.07) is 3.82. The highest BCUT2D eigenvalue weighted by atomic mass is 32.2. The number of nitrogens with zero attached hydrogens (tertiary/aromatic N) is 2. The molecule has 3 aromatic heterocycles. The summed E-state index contributed by atoms with van der Waals surface area (Å²) in [7, 11) is 0.